The van der Waals surface area contributed by atoms with Crippen LogP contribution in [0, 0.1) is 0 Å². The third-order valence-corrected chi connectivity index (χ3v) is 6.57. The molecule has 0 radical (unpaired) electrons. The molecule has 0 aliphatic heterocycles. The maximum atomic E-state index is 4.59. The van der Waals surface area contributed by atoms with Crippen molar-refractivity contribution in [3.63, 3.8) is 0 Å². The Balaban J connectivity index is 1.39. The normalized spacial score (nSPS) is 10.9. The van der Waals surface area contributed by atoms with Crippen LogP contribution in [0.2, 0.25) is 0 Å². The summed E-state index contributed by atoms with van der Waals surface area (Å²) in [5, 5.41) is 2.49. The highest BCUT2D eigenvalue weighted by atomic mass is 15.1. The van der Waals surface area contributed by atoms with Crippen LogP contribution in [0.25, 0.3) is 44.4 Å². The third-order valence-electron chi connectivity index (χ3n) is 6.57. The maximum Gasteiger partial charge on any atom is 0.0702 e. The Hall–Kier alpha value is -4.76. The largest absolute Gasteiger partial charge is 0.344 e. The average Bonchev–Trinajstić information content (AvgIpc) is 2.97. The molecule has 0 bridgehead atoms. The van der Waals surface area contributed by atoms with Gasteiger partial charge in [0.05, 0.1) is 11.4 Å². The highest BCUT2D eigenvalue weighted by Crippen LogP contribution is 2.34. The summed E-state index contributed by atoms with van der Waals surface area (Å²) in [5.74, 6) is 0. The molecule has 3 heteroatoms. The lowest BCUT2D eigenvalue weighted by Crippen LogP contribution is -2.09. The number of pyridine rings is 2. The molecule has 6 rings (SSSR count). The Bertz CT molecular complexity index is 1560. The lowest BCUT2D eigenvalue weighted by atomic mass is 9.96. The summed E-state index contributed by atoms with van der Waals surface area (Å²) in [6.45, 7) is 0. The second kappa shape index (κ2) is 9.47. The van der Waals surface area contributed by atoms with Crippen LogP contribution in [0.5, 0.6) is 0 Å². The molecule has 0 spiro atoms. The lowest BCUT2D eigenvalue weighted by molar-refractivity contribution is 1.22. The van der Waals surface area contributed by atoms with Gasteiger partial charge in [0.2, 0.25) is 0 Å². The number of nitrogens with zero attached hydrogens (tertiary/aromatic N) is 3. The summed E-state index contributed by atoms with van der Waals surface area (Å²) in [4.78, 5) is 11.4. The Morgan fingerprint density at radius 1 is 0.500 bits per heavy atom. The molecular formula is C33H25N3. The first-order valence-electron chi connectivity index (χ1n) is 12.1. The van der Waals surface area contributed by atoms with E-state index < -0.39 is 0 Å². The van der Waals surface area contributed by atoms with Gasteiger partial charge < -0.3 is 4.90 Å². The summed E-state index contributed by atoms with van der Waals surface area (Å²) >= 11 is 0. The molecule has 0 fully saturated rings. The van der Waals surface area contributed by atoms with Gasteiger partial charge in [-0.05, 0) is 77.2 Å². The molecule has 172 valence electrons. The van der Waals surface area contributed by atoms with E-state index in [4.69, 9.17) is 0 Å². The van der Waals surface area contributed by atoms with Gasteiger partial charge in [0.1, 0.15) is 0 Å². The van der Waals surface area contributed by atoms with Gasteiger partial charge in [0, 0.05) is 47.3 Å². The molecule has 6 aromatic rings. The van der Waals surface area contributed by atoms with Crippen LogP contribution in [0.15, 0.2) is 134 Å². The van der Waals surface area contributed by atoms with E-state index in [1.54, 1.807) is 0 Å². The molecule has 0 saturated heterocycles. The smallest absolute Gasteiger partial charge is 0.0702 e. The minimum absolute atomic E-state index is 0.948. The second-order valence-electron chi connectivity index (χ2n) is 8.83. The van der Waals surface area contributed by atoms with Crippen LogP contribution >= 0.6 is 0 Å². The van der Waals surface area contributed by atoms with Crippen molar-refractivity contribution in [3.05, 3.63) is 134 Å². The number of benzene rings is 4. The topological polar surface area (TPSA) is 29.0 Å². The van der Waals surface area contributed by atoms with Crippen LogP contribution in [0.1, 0.15) is 0 Å². The molecule has 0 aliphatic rings. The number of fused-ring (bicyclic) bond motifs is 1. The molecule has 36 heavy (non-hydrogen) atoms. The number of hydrogen-bond acceptors (Lipinski definition) is 3. The van der Waals surface area contributed by atoms with Crippen LogP contribution in [-0.4, -0.2) is 17.0 Å². The fourth-order valence-corrected chi connectivity index (χ4v) is 4.67. The zero-order valence-corrected chi connectivity index (χ0v) is 20.0. The summed E-state index contributed by atoms with van der Waals surface area (Å²) < 4.78 is 0. The van der Waals surface area contributed by atoms with Crippen molar-refractivity contribution >= 4 is 22.1 Å². The molecular weight excluding hydrogens is 438 g/mol. The first-order chi connectivity index (χ1) is 17.8. The number of hydrogen-bond donors (Lipinski definition) is 0. The molecule has 2 aromatic heterocycles. The Labute approximate surface area is 211 Å². The number of rotatable bonds is 5. The van der Waals surface area contributed by atoms with Gasteiger partial charge >= 0.3 is 0 Å². The second-order valence-corrected chi connectivity index (χ2v) is 8.83. The van der Waals surface area contributed by atoms with E-state index in [-0.39, 0.29) is 0 Å². The minimum atomic E-state index is 0.948. The minimum Gasteiger partial charge on any atom is -0.344 e. The Morgan fingerprint density at radius 3 is 1.72 bits per heavy atom. The van der Waals surface area contributed by atoms with E-state index in [1.165, 1.54) is 16.5 Å². The molecule has 0 saturated carbocycles. The molecule has 0 aliphatic carbocycles. The number of anilines is 2. The van der Waals surface area contributed by atoms with Crippen LogP contribution < -0.4 is 4.90 Å². The van der Waals surface area contributed by atoms with Crippen molar-refractivity contribution in [2.24, 2.45) is 0 Å². The Kier molecular flexibility index (Phi) is 5.72. The van der Waals surface area contributed by atoms with Crippen molar-refractivity contribution in [2.45, 2.75) is 0 Å². The average molecular weight is 464 g/mol. The molecule has 0 atom stereocenters. The SMILES string of the molecule is CN(c1ccc(-c2cc(-c3ccccn3)cc(-c3ccccn3)c2)cc1)c1cccc2ccccc12. The summed E-state index contributed by atoms with van der Waals surface area (Å²) in [7, 11) is 2.12. The highest BCUT2D eigenvalue weighted by molar-refractivity contribution is 5.96. The van der Waals surface area contributed by atoms with E-state index in [0.717, 1.165) is 39.3 Å². The fraction of sp³-hybridized carbons (Fsp3) is 0.0303. The van der Waals surface area contributed by atoms with Crippen molar-refractivity contribution in [2.75, 3.05) is 11.9 Å². The van der Waals surface area contributed by atoms with E-state index in [1.807, 2.05) is 48.8 Å². The van der Waals surface area contributed by atoms with E-state index in [0.29, 0.717) is 0 Å². The molecule has 0 N–H and O–H groups in total. The van der Waals surface area contributed by atoms with Crippen molar-refractivity contribution in [1.82, 2.24) is 9.97 Å². The maximum absolute atomic E-state index is 4.59. The van der Waals surface area contributed by atoms with Crippen LogP contribution in [0.3, 0.4) is 0 Å². The van der Waals surface area contributed by atoms with Crippen LogP contribution in [-0.2, 0) is 0 Å². The van der Waals surface area contributed by atoms with Gasteiger partial charge in [-0.25, -0.2) is 0 Å². The molecule has 2 heterocycles. The Morgan fingerprint density at radius 2 is 1.08 bits per heavy atom. The molecule has 4 aromatic carbocycles. The quantitative estimate of drug-likeness (QED) is 0.257. The van der Waals surface area contributed by atoms with Gasteiger partial charge in [0.15, 0.2) is 0 Å². The fourth-order valence-electron chi connectivity index (χ4n) is 4.67. The number of aromatic nitrogens is 2. The van der Waals surface area contributed by atoms with E-state index >= 15 is 0 Å². The summed E-state index contributed by atoms with van der Waals surface area (Å²) in [6.07, 6.45) is 3.67. The monoisotopic (exact) mass is 463 g/mol. The molecule has 3 nitrogen and oxygen atoms in total. The predicted octanol–water partition coefficient (Wildman–Crippen LogP) is 8.40. The van der Waals surface area contributed by atoms with Gasteiger partial charge in [-0.15, -0.1) is 0 Å². The van der Waals surface area contributed by atoms with E-state index in [2.05, 4.69) is 107 Å². The highest BCUT2D eigenvalue weighted by Gasteiger charge is 2.11. The van der Waals surface area contributed by atoms with Crippen LogP contribution in [0.4, 0.5) is 11.4 Å². The molecule has 0 amide bonds. The first-order valence-corrected chi connectivity index (χ1v) is 12.1. The zero-order valence-electron chi connectivity index (χ0n) is 20.0. The first kappa shape index (κ1) is 21.8. The van der Waals surface area contributed by atoms with Gasteiger partial charge in [-0.3, -0.25) is 9.97 Å². The van der Waals surface area contributed by atoms with Crippen molar-refractivity contribution in [1.29, 1.82) is 0 Å². The van der Waals surface area contributed by atoms with Gasteiger partial charge in [-0.2, -0.15) is 0 Å². The summed E-state index contributed by atoms with van der Waals surface area (Å²) in [5.41, 5.74) is 8.67. The predicted molar refractivity (Wildman–Crippen MR) is 150 cm³/mol. The lowest BCUT2D eigenvalue weighted by Gasteiger charge is -2.22. The van der Waals surface area contributed by atoms with Gasteiger partial charge in [-0.1, -0.05) is 60.7 Å². The van der Waals surface area contributed by atoms with E-state index in [9.17, 15) is 0 Å². The summed E-state index contributed by atoms with van der Waals surface area (Å²) in [6, 6.07) is 42.3. The molecule has 0 unspecified atom stereocenters. The van der Waals surface area contributed by atoms with Crippen molar-refractivity contribution in [3.8, 4) is 33.6 Å². The third kappa shape index (κ3) is 4.23. The standard InChI is InChI=1S/C33H25N3/c1-36(33-14-8-10-25-9-2-3-11-30(25)33)29-17-15-24(16-18-29)26-21-27(31-12-4-6-19-34-31)23-28(22-26)32-13-5-7-20-35-32/h2-23H,1H3. The zero-order chi connectivity index (χ0) is 24.3. The van der Waals surface area contributed by atoms with Crippen molar-refractivity contribution < 1.29 is 0 Å². The van der Waals surface area contributed by atoms with Gasteiger partial charge in [0.25, 0.3) is 0 Å².